The van der Waals surface area contributed by atoms with Crippen LogP contribution in [-0.2, 0) is 16.1 Å². The molecule has 1 heterocycles. The molecule has 0 unspecified atom stereocenters. The highest BCUT2D eigenvalue weighted by molar-refractivity contribution is 6.09. The fourth-order valence-corrected chi connectivity index (χ4v) is 2.98. The van der Waals surface area contributed by atoms with Gasteiger partial charge in [-0.15, -0.1) is 0 Å². The highest BCUT2D eigenvalue weighted by Crippen LogP contribution is 2.25. The minimum absolute atomic E-state index is 0.249. The molecule has 1 saturated heterocycles. The molecule has 0 aliphatic carbocycles. The van der Waals surface area contributed by atoms with Crippen molar-refractivity contribution >= 4 is 17.5 Å². The van der Waals surface area contributed by atoms with Crippen LogP contribution >= 0.6 is 0 Å². The molecule has 1 fully saturated rings. The average Bonchev–Trinajstić information content (AvgIpc) is 3.03. The Morgan fingerprint density at radius 2 is 1.88 bits per heavy atom. The molecule has 5 nitrogen and oxygen atoms in total. The number of halogens is 1. The van der Waals surface area contributed by atoms with Crippen LogP contribution < -0.4 is 15.0 Å². The average molecular weight is 356 g/mol. The summed E-state index contributed by atoms with van der Waals surface area (Å²) in [6.45, 7) is 3.32. The van der Waals surface area contributed by atoms with Crippen LogP contribution in [0.2, 0.25) is 0 Å². The van der Waals surface area contributed by atoms with Gasteiger partial charge in [0.15, 0.2) is 0 Å². The number of hydrogen-bond donors (Lipinski definition) is 1. The van der Waals surface area contributed by atoms with Crippen molar-refractivity contribution in [3.8, 4) is 5.75 Å². The Hall–Kier alpha value is -2.89. The van der Waals surface area contributed by atoms with Crippen LogP contribution in [0.3, 0.4) is 0 Å². The number of benzene rings is 2. The highest BCUT2D eigenvalue weighted by atomic mass is 19.1. The number of carbonyl (C=O) groups excluding carboxylic acids is 2. The first-order valence-electron chi connectivity index (χ1n) is 8.65. The van der Waals surface area contributed by atoms with Crippen LogP contribution in [0.25, 0.3) is 0 Å². The molecule has 0 radical (unpaired) electrons. The van der Waals surface area contributed by atoms with Gasteiger partial charge in [0.05, 0.1) is 6.61 Å². The topological polar surface area (TPSA) is 58.6 Å². The number of anilines is 1. The van der Waals surface area contributed by atoms with E-state index in [0.717, 1.165) is 11.3 Å². The van der Waals surface area contributed by atoms with E-state index < -0.39 is 5.92 Å². The van der Waals surface area contributed by atoms with E-state index in [2.05, 4.69) is 5.32 Å². The highest BCUT2D eigenvalue weighted by Gasteiger charge is 2.37. The van der Waals surface area contributed by atoms with E-state index in [-0.39, 0.29) is 17.6 Å². The van der Waals surface area contributed by atoms with Gasteiger partial charge in [0, 0.05) is 18.8 Å². The molecule has 0 spiro atoms. The Labute approximate surface area is 151 Å². The molecule has 2 amide bonds. The van der Waals surface area contributed by atoms with Crippen molar-refractivity contribution < 1.29 is 18.7 Å². The summed E-state index contributed by atoms with van der Waals surface area (Å²) in [5.41, 5.74) is 1.54. The lowest BCUT2D eigenvalue weighted by Crippen LogP contribution is -2.36. The Kier molecular flexibility index (Phi) is 5.51. The van der Waals surface area contributed by atoms with Gasteiger partial charge >= 0.3 is 0 Å². The van der Waals surface area contributed by atoms with E-state index in [1.54, 1.807) is 12.1 Å². The number of nitrogens with zero attached hydrogens (tertiary/aromatic N) is 1. The number of carbonyl (C=O) groups is 2. The number of hydrogen-bond acceptors (Lipinski definition) is 3. The van der Waals surface area contributed by atoms with E-state index >= 15 is 0 Å². The Balaban J connectivity index is 1.56. The summed E-state index contributed by atoms with van der Waals surface area (Å²) in [5.74, 6) is -0.814. The normalized spacial score (nSPS) is 16.6. The standard InChI is InChI=1S/C20H21FN2O3/c1-2-26-17-9-3-14(4-10-17)13-22-19(24)18-11-12-23(20(18)25)16-7-5-15(21)6-8-16/h3-10,18H,2,11-13H2,1H3,(H,22,24)/t18-/m1/s1. The predicted molar refractivity (Wildman–Crippen MR) is 96.3 cm³/mol. The van der Waals surface area contributed by atoms with Crippen molar-refractivity contribution in [3.05, 3.63) is 59.9 Å². The van der Waals surface area contributed by atoms with Gasteiger partial charge in [0.25, 0.3) is 0 Å². The summed E-state index contributed by atoms with van der Waals surface area (Å²) >= 11 is 0. The van der Waals surface area contributed by atoms with Crippen LogP contribution in [0.15, 0.2) is 48.5 Å². The van der Waals surface area contributed by atoms with Crippen molar-refractivity contribution in [2.45, 2.75) is 19.9 Å². The van der Waals surface area contributed by atoms with Crippen molar-refractivity contribution in [1.82, 2.24) is 5.32 Å². The van der Waals surface area contributed by atoms with Crippen LogP contribution in [0.4, 0.5) is 10.1 Å². The molecule has 1 atom stereocenters. The second-order valence-electron chi connectivity index (χ2n) is 6.10. The molecule has 6 heteroatoms. The molecule has 2 aromatic carbocycles. The molecule has 3 rings (SSSR count). The van der Waals surface area contributed by atoms with E-state index in [4.69, 9.17) is 4.74 Å². The maximum absolute atomic E-state index is 13.0. The fourth-order valence-electron chi connectivity index (χ4n) is 2.98. The Bertz CT molecular complexity index is 775. The lowest BCUT2D eigenvalue weighted by Gasteiger charge is -2.16. The molecule has 1 aliphatic heterocycles. The fraction of sp³-hybridized carbons (Fsp3) is 0.300. The summed E-state index contributed by atoms with van der Waals surface area (Å²) < 4.78 is 18.4. The molecular formula is C20H21FN2O3. The van der Waals surface area contributed by atoms with Gasteiger partial charge < -0.3 is 15.0 Å². The maximum Gasteiger partial charge on any atom is 0.239 e. The zero-order valence-corrected chi connectivity index (χ0v) is 14.6. The number of rotatable bonds is 6. The monoisotopic (exact) mass is 356 g/mol. The minimum Gasteiger partial charge on any atom is -0.494 e. The maximum atomic E-state index is 13.0. The zero-order chi connectivity index (χ0) is 18.5. The third kappa shape index (κ3) is 4.02. The molecular weight excluding hydrogens is 335 g/mol. The van der Waals surface area contributed by atoms with E-state index in [0.29, 0.717) is 31.8 Å². The first-order chi connectivity index (χ1) is 12.6. The quantitative estimate of drug-likeness (QED) is 0.810. The van der Waals surface area contributed by atoms with Gasteiger partial charge in [0.2, 0.25) is 11.8 Å². The molecule has 0 bridgehead atoms. The first kappa shape index (κ1) is 17.9. The largest absolute Gasteiger partial charge is 0.494 e. The van der Waals surface area contributed by atoms with Crippen molar-refractivity contribution in [1.29, 1.82) is 0 Å². The second kappa shape index (κ2) is 7.99. The third-order valence-corrected chi connectivity index (χ3v) is 4.36. The summed E-state index contributed by atoms with van der Waals surface area (Å²) in [6.07, 6.45) is 0.450. The van der Waals surface area contributed by atoms with Crippen LogP contribution in [-0.4, -0.2) is 25.0 Å². The molecule has 1 N–H and O–H groups in total. The lowest BCUT2D eigenvalue weighted by atomic mass is 10.1. The van der Waals surface area contributed by atoms with E-state index in [1.807, 2.05) is 31.2 Å². The zero-order valence-electron chi connectivity index (χ0n) is 14.6. The van der Waals surface area contributed by atoms with Gasteiger partial charge in [-0.3, -0.25) is 9.59 Å². The van der Waals surface area contributed by atoms with Gasteiger partial charge in [-0.05, 0) is 55.3 Å². The smallest absolute Gasteiger partial charge is 0.239 e. The summed E-state index contributed by atoms with van der Waals surface area (Å²) in [7, 11) is 0. The van der Waals surface area contributed by atoms with Crippen LogP contribution in [0.1, 0.15) is 18.9 Å². The van der Waals surface area contributed by atoms with Gasteiger partial charge in [-0.25, -0.2) is 4.39 Å². The Morgan fingerprint density at radius 1 is 1.19 bits per heavy atom. The van der Waals surface area contributed by atoms with Crippen LogP contribution in [0.5, 0.6) is 5.75 Å². The van der Waals surface area contributed by atoms with E-state index in [9.17, 15) is 14.0 Å². The van der Waals surface area contributed by atoms with Crippen molar-refractivity contribution in [2.24, 2.45) is 5.92 Å². The van der Waals surface area contributed by atoms with Crippen molar-refractivity contribution in [3.63, 3.8) is 0 Å². The first-order valence-corrected chi connectivity index (χ1v) is 8.65. The summed E-state index contributed by atoms with van der Waals surface area (Å²) in [4.78, 5) is 26.4. The number of nitrogens with one attached hydrogen (secondary N) is 1. The second-order valence-corrected chi connectivity index (χ2v) is 6.10. The lowest BCUT2D eigenvalue weighted by molar-refractivity contribution is -0.132. The van der Waals surface area contributed by atoms with Gasteiger partial charge in [-0.2, -0.15) is 0 Å². The Morgan fingerprint density at radius 3 is 2.54 bits per heavy atom. The van der Waals surface area contributed by atoms with Crippen molar-refractivity contribution in [2.75, 3.05) is 18.1 Å². The van der Waals surface area contributed by atoms with Crippen LogP contribution in [0, 0.1) is 11.7 Å². The van der Waals surface area contributed by atoms with Gasteiger partial charge in [-0.1, -0.05) is 12.1 Å². The number of ether oxygens (including phenoxy) is 1. The summed E-state index contributed by atoms with van der Waals surface area (Å²) in [5, 5.41) is 2.82. The van der Waals surface area contributed by atoms with Gasteiger partial charge in [0.1, 0.15) is 17.5 Å². The minimum atomic E-state index is -0.706. The van der Waals surface area contributed by atoms with E-state index in [1.165, 1.54) is 17.0 Å². The molecule has 26 heavy (non-hydrogen) atoms. The molecule has 0 aromatic heterocycles. The predicted octanol–water partition coefficient (Wildman–Crippen LogP) is 2.89. The summed E-state index contributed by atoms with van der Waals surface area (Å²) in [6, 6.07) is 13.2. The molecule has 0 saturated carbocycles. The third-order valence-electron chi connectivity index (χ3n) is 4.36. The molecule has 2 aromatic rings. The molecule has 136 valence electrons. The SMILES string of the molecule is CCOc1ccc(CNC(=O)[C@H]2CCN(c3ccc(F)cc3)C2=O)cc1. The molecule has 1 aliphatic rings. The number of amides is 2.